The van der Waals surface area contributed by atoms with Crippen LogP contribution in [0.3, 0.4) is 0 Å². The fraction of sp³-hybridized carbons (Fsp3) is 0.583. The predicted octanol–water partition coefficient (Wildman–Crippen LogP) is 1.96. The summed E-state index contributed by atoms with van der Waals surface area (Å²) >= 11 is 1.57. The summed E-state index contributed by atoms with van der Waals surface area (Å²) in [5.41, 5.74) is 0.809. The minimum absolute atomic E-state index is 0.133. The molecule has 16 heavy (non-hydrogen) atoms. The van der Waals surface area contributed by atoms with Crippen molar-refractivity contribution in [1.82, 2.24) is 10.2 Å². The van der Waals surface area contributed by atoms with Crippen LogP contribution in [0.2, 0.25) is 0 Å². The number of piperidine rings is 1. The summed E-state index contributed by atoms with van der Waals surface area (Å²) in [6.45, 7) is 1.90. The van der Waals surface area contributed by atoms with E-state index in [0.29, 0.717) is 6.04 Å². The van der Waals surface area contributed by atoms with E-state index in [2.05, 4.69) is 5.32 Å². The summed E-state index contributed by atoms with van der Waals surface area (Å²) in [5.74, 6) is 0.133. The molecule has 0 aliphatic carbocycles. The largest absolute Gasteiger partial charge is 0.340 e. The van der Waals surface area contributed by atoms with E-state index in [-0.39, 0.29) is 5.91 Å². The molecule has 1 aliphatic heterocycles. The lowest BCUT2D eigenvalue weighted by atomic mass is 10.0. The third-order valence-electron chi connectivity index (χ3n) is 3.02. The molecule has 1 N–H and O–H groups in total. The normalized spacial score (nSPS) is 20.7. The highest BCUT2D eigenvalue weighted by molar-refractivity contribution is 7.08. The first-order chi connectivity index (χ1) is 7.77. The average molecular weight is 238 g/mol. The van der Waals surface area contributed by atoms with Crippen LogP contribution in [-0.2, 0) is 0 Å². The van der Waals surface area contributed by atoms with E-state index in [0.717, 1.165) is 18.7 Å². The zero-order chi connectivity index (χ0) is 11.4. The molecule has 88 valence electrons. The maximum atomic E-state index is 12.0. The van der Waals surface area contributed by atoms with E-state index in [9.17, 15) is 4.79 Å². The van der Waals surface area contributed by atoms with E-state index in [1.165, 1.54) is 19.3 Å². The van der Waals surface area contributed by atoms with Crippen LogP contribution in [0.4, 0.5) is 0 Å². The van der Waals surface area contributed by atoms with Gasteiger partial charge in [0, 0.05) is 25.0 Å². The molecule has 0 unspecified atom stereocenters. The van der Waals surface area contributed by atoms with Gasteiger partial charge in [0.15, 0.2) is 0 Å². The van der Waals surface area contributed by atoms with Crippen molar-refractivity contribution in [1.29, 1.82) is 0 Å². The minimum atomic E-state index is 0.133. The molecule has 2 rings (SSSR count). The number of nitrogens with zero attached hydrogens (tertiary/aromatic N) is 1. The highest BCUT2D eigenvalue weighted by atomic mass is 32.1. The first kappa shape index (κ1) is 11.6. The number of carbonyl (C=O) groups excluding carboxylic acids is 1. The van der Waals surface area contributed by atoms with Crippen molar-refractivity contribution in [2.24, 2.45) is 0 Å². The van der Waals surface area contributed by atoms with Gasteiger partial charge in [-0.1, -0.05) is 6.42 Å². The van der Waals surface area contributed by atoms with Gasteiger partial charge in [-0.3, -0.25) is 4.79 Å². The number of rotatable bonds is 3. The number of hydrogen-bond acceptors (Lipinski definition) is 3. The molecule has 1 aliphatic rings. The molecule has 0 spiro atoms. The van der Waals surface area contributed by atoms with Crippen molar-refractivity contribution >= 4 is 17.2 Å². The molecule has 1 amide bonds. The molecule has 1 atom stereocenters. The van der Waals surface area contributed by atoms with Crippen LogP contribution >= 0.6 is 11.3 Å². The monoisotopic (exact) mass is 238 g/mol. The van der Waals surface area contributed by atoms with Gasteiger partial charge in [-0.2, -0.15) is 11.3 Å². The number of likely N-dealkylation sites (N-methyl/N-ethyl adjacent to an activating group) is 1. The van der Waals surface area contributed by atoms with Crippen molar-refractivity contribution in [3.63, 3.8) is 0 Å². The molecule has 3 nitrogen and oxygen atoms in total. The summed E-state index contributed by atoms with van der Waals surface area (Å²) in [7, 11) is 1.89. The van der Waals surface area contributed by atoms with E-state index >= 15 is 0 Å². The Hall–Kier alpha value is -0.870. The molecule has 0 radical (unpaired) electrons. The van der Waals surface area contributed by atoms with Gasteiger partial charge in [-0.05, 0) is 30.8 Å². The molecular formula is C12H18N2OS. The lowest BCUT2D eigenvalue weighted by molar-refractivity contribution is 0.0776. The fourth-order valence-electron chi connectivity index (χ4n) is 2.10. The molecule has 1 fully saturated rings. The summed E-state index contributed by atoms with van der Waals surface area (Å²) in [4.78, 5) is 13.8. The molecule has 0 bridgehead atoms. The number of nitrogens with one attached hydrogen (secondary N) is 1. The van der Waals surface area contributed by atoms with Crippen molar-refractivity contribution < 1.29 is 4.79 Å². The second-order valence-electron chi connectivity index (χ2n) is 4.34. The maximum absolute atomic E-state index is 12.0. The van der Waals surface area contributed by atoms with Crippen LogP contribution in [0.1, 0.15) is 29.6 Å². The quantitative estimate of drug-likeness (QED) is 0.873. The van der Waals surface area contributed by atoms with E-state index in [1.807, 2.05) is 28.8 Å². The molecule has 0 saturated carbocycles. The standard InChI is InChI=1S/C12H18N2OS/c1-14(8-11-4-2-3-6-13-11)12(15)10-5-7-16-9-10/h5,7,9,11,13H,2-4,6,8H2,1H3/t11-/m1/s1. The fourth-order valence-corrected chi connectivity index (χ4v) is 2.73. The lowest BCUT2D eigenvalue weighted by Gasteiger charge is -2.28. The Morgan fingerprint density at radius 1 is 1.62 bits per heavy atom. The zero-order valence-electron chi connectivity index (χ0n) is 9.61. The Morgan fingerprint density at radius 3 is 3.12 bits per heavy atom. The van der Waals surface area contributed by atoms with E-state index < -0.39 is 0 Å². The second-order valence-corrected chi connectivity index (χ2v) is 5.12. The Balaban J connectivity index is 1.87. The van der Waals surface area contributed by atoms with Gasteiger partial charge >= 0.3 is 0 Å². The van der Waals surface area contributed by atoms with Gasteiger partial charge in [0.25, 0.3) is 5.91 Å². The molecule has 4 heteroatoms. The minimum Gasteiger partial charge on any atom is -0.340 e. The van der Waals surface area contributed by atoms with Gasteiger partial charge in [-0.15, -0.1) is 0 Å². The van der Waals surface area contributed by atoms with Crippen LogP contribution in [0.25, 0.3) is 0 Å². The van der Waals surface area contributed by atoms with Gasteiger partial charge in [-0.25, -0.2) is 0 Å². The summed E-state index contributed by atoms with van der Waals surface area (Å²) < 4.78 is 0. The Morgan fingerprint density at radius 2 is 2.50 bits per heavy atom. The smallest absolute Gasteiger partial charge is 0.254 e. The number of amides is 1. The van der Waals surface area contributed by atoms with Crippen LogP contribution in [0.5, 0.6) is 0 Å². The molecule has 0 aromatic carbocycles. The lowest BCUT2D eigenvalue weighted by Crippen LogP contribution is -2.44. The second kappa shape index (κ2) is 5.46. The van der Waals surface area contributed by atoms with Crippen LogP contribution in [0.15, 0.2) is 16.8 Å². The average Bonchev–Trinajstić information content (AvgIpc) is 2.83. The Kier molecular flexibility index (Phi) is 3.96. The number of carbonyl (C=O) groups is 1. The SMILES string of the molecule is CN(C[C@H]1CCCCN1)C(=O)c1ccsc1. The molecule has 2 heterocycles. The maximum Gasteiger partial charge on any atom is 0.254 e. The number of hydrogen-bond donors (Lipinski definition) is 1. The first-order valence-corrected chi connectivity index (χ1v) is 6.72. The summed E-state index contributed by atoms with van der Waals surface area (Å²) in [6, 6.07) is 2.36. The van der Waals surface area contributed by atoms with Crippen LogP contribution in [-0.4, -0.2) is 37.0 Å². The van der Waals surface area contributed by atoms with Gasteiger partial charge in [0.05, 0.1) is 5.56 Å². The summed E-state index contributed by atoms with van der Waals surface area (Å²) in [6.07, 6.45) is 3.72. The van der Waals surface area contributed by atoms with Crippen molar-refractivity contribution in [3.05, 3.63) is 22.4 Å². The highest BCUT2D eigenvalue weighted by Gasteiger charge is 2.18. The number of thiophene rings is 1. The third kappa shape index (κ3) is 2.83. The zero-order valence-corrected chi connectivity index (χ0v) is 10.4. The third-order valence-corrected chi connectivity index (χ3v) is 3.70. The van der Waals surface area contributed by atoms with Crippen LogP contribution in [0, 0.1) is 0 Å². The Bertz CT molecular complexity index is 331. The first-order valence-electron chi connectivity index (χ1n) is 5.78. The molecule has 1 aromatic rings. The van der Waals surface area contributed by atoms with E-state index in [1.54, 1.807) is 11.3 Å². The Labute approximate surface area is 100 Å². The predicted molar refractivity (Wildman–Crippen MR) is 66.9 cm³/mol. The van der Waals surface area contributed by atoms with Gasteiger partial charge < -0.3 is 10.2 Å². The van der Waals surface area contributed by atoms with Gasteiger partial charge in [0.1, 0.15) is 0 Å². The summed E-state index contributed by atoms with van der Waals surface area (Å²) in [5, 5.41) is 7.31. The van der Waals surface area contributed by atoms with Gasteiger partial charge in [0.2, 0.25) is 0 Å². The highest BCUT2D eigenvalue weighted by Crippen LogP contribution is 2.11. The van der Waals surface area contributed by atoms with Crippen molar-refractivity contribution in [2.45, 2.75) is 25.3 Å². The van der Waals surface area contributed by atoms with Crippen molar-refractivity contribution in [3.8, 4) is 0 Å². The molecule has 1 aromatic heterocycles. The molecule has 1 saturated heterocycles. The van der Waals surface area contributed by atoms with E-state index in [4.69, 9.17) is 0 Å². The van der Waals surface area contributed by atoms with Crippen molar-refractivity contribution in [2.75, 3.05) is 20.1 Å². The van der Waals surface area contributed by atoms with Crippen LogP contribution < -0.4 is 5.32 Å². The topological polar surface area (TPSA) is 32.3 Å². The molecular weight excluding hydrogens is 220 g/mol.